The maximum Gasteiger partial charge on any atom is 0.230 e. The summed E-state index contributed by atoms with van der Waals surface area (Å²) in [6.45, 7) is 10.8. The van der Waals surface area contributed by atoms with Crippen LogP contribution in [0.15, 0.2) is 6.33 Å². The number of carbonyl (C=O) groups excluding carboxylic acids is 1. The third-order valence-corrected chi connectivity index (χ3v) is 5.44. The number of carbonyl (C=O) groups is 1. The van der Waals surface area contributed by atoms with Crippen LogP contribution in [0.5, 0.6) is 0 Å². The van der Waals surface area contributed by atoms with Gasteiger partial charge in [0.15, 0.2) is 23.3 Å². The summed E-state index contributed by atoms with van der Waals surface area (Å²) in [5.74, 6) is 0.155. The van der Waals surface area contributed by atoms with Crippen LogP contribution in [-0.4, -0.2) is 51.4 Å². The molecular formula is C18H27ClN5O4P. The first-order valence-corrected chi connectivity index (χ1v) is 12.5. The second-order valence-electron chi connectivity index (χ2n) is 8.91. The van der Waals surface area contributed by atoms with Crippen LogP contribution < -0.4 is 5.32 Å². The van der Waals surface area contributed by atoms with Crippen LogP contribution in [0.4, 0.5) is 5.82 Å². The quantitative estimate of drug-likeness (QED) is 0.550. The topological polar surface area (TPSA) is 108 Å². The Hall–Kier alpha value is -1.54. The molecule has 11 heteroatoms. The molecule has 0 aliphatic carbocycles. The SMILES string of the molecule is C[C@H]1C[C@H](n2cnc3c(NC(=O)C(C)(C)C)nc(Cl)nc32)O[C@@H]1OCP(C)(C)=O. The smallest absolute Gasteiger partial charge is 0.230 e. The standard InChI is InChI=1S/C18H27ClN5O4P/c1-10-7-11(28-15(10)27-9-29(5,6)26)24-8-20-12-13(21-16(25)18(2,3)4)22-17(19)23-14(12)24/h8,10-11,15H,7,9H2,1-6H3,(H,21,22,23,25)/t10-,11+,15-/m0/s1. The number of halogens is 1. The fourth-order valence-corrected chi connectivity index (χ4v) is 3.56. The lowest BCUT2D eigenvalue weighted by Crippen LogP contribution is -2.28. The summed E-state index contributed by atoms with van der Waals surface area (Å²) < 4.78 is 25.4. The molecule has 0 spiro atoms. The molecular weight excluding hydrogens is 417 g/mol. The Bertz CT molecular complexity index is 967. The van der Waals surface area contributed by atoms with Crippen molar-refractivity contribution in [3.8, 4) is 0 Å². The van der Waals surface area contributed by atoms with Gasteiger partial charge in [-0.25, -0.2) is 4.98 Å². The Morgan fingerprint density at radius 2 is 2.10 bits per heavy atom. The highest BCUT2D eigenvalue weighted by molar-refractivity contribution is 7.62. The highest BCUT2D eigenvalue weighted by Crippen LogP contribution is 2.40. The monoisotopic (exact) mass is 443 g/mol. The number of aromatic nitrogens is 4. The predicted molar refractivity (Wildman–Crippen MR) is 112 cm³/mol. The second-order valence-corrected chi connectivity index (χ2v) is 12.7. The molecule has 9 nitrogen and oxygen atoms in total. The van der Waals surface area contributed by atoms with Crippen LogP contribution in [0.2, 0.25) is 5.28 Å². The van der Waals surface area contributed by atoms with E-state index >= 15 is 0 Å². The zero-order valence-electron chi connectivity index (χ0n) is 17.5. The van der Waals surface area contributed by atoms with Gasteiger partial charge < -0.3 is 19.4 Å². The zero-order chi connectivity index (χ0) is 21.6. The predicted octanol–water partition coefficient (Wildman–Crippen LogP) is 3.94. The molecule has 3 atom stereocenters. The highest BCUT2D eigenvalue weighted by Gasteiger charge is 2.36. The van der Waals surface area contributed by atoms with Crippen molar-refractivity contribution >= 4 is 41.6 Å². The lowest BCUT2D eigenvalue weighted by molar-refractivity contribution is -0.150. The number of fused-ring (bicyclic) bond motifs is 1. The maximum absolute atomic E-state index is 12.4. The van der Waals surface area contributed by atoms with Crippen LogP contribution in [0, 0.1) is 11.3 Å². The molecule has 1 amide bonds. The molecule has 1 saturated heterocycles. The number of anilines is 1. The number of nitrogens with zero attached hydrogens (tertiary/aromatic N) is 4. The van der Waals surface area contributed by atoms with E-state index in [9.17, 15) is 9.36 Å². The largest absolute Gasteiger partial charge is 0.345 e. The van der Waals surface area contributed by atoms with Crippen molar-refractivity contribution < 1.29 is 18.8 Å². The molecule has 160 valence electrons. The molecule has 0 radical (unpaired) electrons. The molecule has 0 bridgehead atoms. The van der Waals surface area contributed by atoms with Gasteiger partial charge in [-0.3, -0.25) is 9.36 Å². The maximum atomic E-state index is 12.4. The molecule has 0 aromatic carbocycles. The van der Waals surface area contributed by atoms with Crippen molar-refractivity contribution in [2.45, 2.75) is 46.6 Å². The molecule has 0 unspecified atom stereocenters. The average molecular weight is 444 g/mol. The Morgan fingerprint density at radius 1 is 1.41 bits per heavy atom. The third-order valence-electron chi connectivity index (χ3n) is 4.50. The van der Waals surface area contributed by atoms with Gasteiger partial charge in [0.05, 0.1) is 6.33 Å². The third kappa shape index (κ3) is 5.15. The molecule has 1 aliphatic heterocycles. The molecule has 1 fully saturated rings. The van der Waals surface area contributed by atoms with Gasteiger partial charge in [-0.2, -0.15) is 9.97 Å². The lowest BCUT2D eigenvalue weighted by atomic mass is 9.96. The van der Waals surface area contributed by atoms with E-state index in [4.69, 9.17) is 21.1 Å². The Morgan fingerprint density at radius 3 is 2.72 bits per heavy atom. The van der Waals surface area contributed by atoms with Gasteiger partial charge in [0.2, 0.25) is 11.2 Å². The summed E-state index contributed by atoms with van der Waals surface area (Å²) in [5, 5.41) is 2.78. The van der Waals surface area contributed by atoms with E-state index in [1.165, 1.54) is 0 Å². The van der Waals surface area contributed by atoms with E-state index in [2.05, 4.69) is 20.3 Å². The molecule has 1 aliphatic rings. The van der Waals surface area contributed by atoms with Gasteiger partial charge in [-0.15, -0.1) is 0 Å². The van der Waals surface area contributed by atoms with E-state index in [0.717, 1.165) is 0 Å². The Kier molecular flexibility index (Phi) is 6.07. The van der Waals surface area contributed by atoms with Gasteiger partial charge in [0, 0.05) is 17.8 Å². The van der Waals surface area contributed by atoms with Crippen molar-refractivity contribution in [2.24, 2.45) is 11.3 Å². The molecule has 29 heavy (non-hydrogen) atoms. The molecule has 2 aromatic rings. The summed E-state index contributed by atoms with van der Waals surface area (Å²) in [6, 6.07) is 0. The van der Waals surface area contributed by atoms with Crippen molar-refractivity contribution in [3.05, 3.63) is 11.6 Å². The van der Waals surface area contributed by atoms with Crippen LogP contribution in [0.1, 0.15) is 40.3 Å². The normalized spacial score (nSPS) is 22.9. The number of ether oxygens (including phenoxy) is 2. The van der Waals surface area contributed by atoms with Crippen molar-refractivity contribution in [3.63, 3.8) is 0 Å². The molecule has 3 heterocycles. The van der Waals surface area contributed by atoms with Gasteiger partial charge >= 0.3 is 0 Å². The van der Waals surface area contributed by atoms with Crippen molar-refractivity contribution in [1.29, 1.82) is 0 Å². The van der Waals surface area contributed by atoms with Crippen LogP contribution in [0.3, 0.4) is 0 Å². The minimum absolute atomic E-state index is 0.000194. The van der Waals surface area contributed by atoms with Gasteiger partial charge in [0.1, 0.15) is 19.7 Å². The van der Waals surface area contributed by atoms with Crippen molar-refractivity contribution in [1.82, 2.24) is 19.5 Å². The molecule has 0 saturated carbocycles. The summed E-state index contributed by atoms with van der Waals surface area (Å²) in [7, 11) is -2.30. The number of rotatable bonds is 5. The first-order valence-electron chi connectivity index (χ1n) is 9.38. The number of nitrogens with one attached hydrogen (secondary N) is 1. The average Bonchev–Trinajstić information content (AvgIpc) is 3.14. The van der Waals surface area contributed by atoms with E-state index in [1.54, 1.807) is 45.0 Å². The Balaban J connectivity index is 1.86. The van der Waals surface area contributed by atoms with Gasteiger partial charge in [-0.1, -0.05) is 27.7 Å². The van der Waals surface area contributed by atoms with E-state index in [1.807, 2.05) is 6.92 Å². The molecule has 1 N–H and O–H groups in total. The fourth-order valence-electron chi connectivity index (χ4n) is 2.89. The molecule has 3 rings (SSSR count). The van der Waals surface area contributed by atoms with Gasteiger partial charge in [0.25, 0.3) is 0 Å². The Labute approximate surface area is 174 Å². The zero-order valence-corrected chi connectivity index (χ0v) is 19.1. The van der Waals surface area contributed by atoms with E-state index < -0.39 is 18.8 Å². The summed E-state index contributed by atoms with van der Waals surface area (Å²) in [4.78, 5) is 25.2. The lowest BCUT2D eigenvalue weighted by Gasteiger charge is -2.18. The fraction of sp³-hybridized carbons (Fsp3) is 0.667. The number of hydrogen-bond acceptors (Lipinski definition) is 7. The number of hydrogen-bond donors (Lipinski definition) is 1. The van der Waals surface area contributed by atoms with Crippen LogP contribution >= 0.6 is 18.7 Å². The molecule has 2 aromatic heterocycles. The minimum Gasteiger partial charge on any atom is -0.345 e. The summed E-state index contributed by atoms with van der Waals surface area (Å²) in [5.41, 5.74) is 0.293. The van der Waals surface area contributed by atoms with E-state index in [-0.39, 0.29) is 35.5 Å². The first kappa shape index (κ1) is 22.2. The highest BCUT2D eigenvalue weighted by atomic mass is 35.5. The van der Waals surface area contributed by atoms with Crippen molar-refractivity contribution in [2.75, 3.05) is 25.0 Å². The first-order chi connectivity index (χ1) is 13.3. The van der Waals surface area contributed by atoms with Crippen LogP contribution in [-0.2, 0) is 18.8 Å². The van der Waals surface area contributed by atoms with Gasteiger partial charge in [-0.05, 0) is 24.9 Å². The number of imidazole rings is 1. The minimum atomic E-state index is -2.30. The van der Waals surface area contributed by atoms with E-state index in [0.29, 0.717) is 17.6 Å². The van der Waals surface area contributed by atoms with Crippen LogP contribution in [0.25, 0.3) is 11.2 Å². The number of amides is 1. The summed E-state index contributed by atoms with van der Waals surface area (Å²) in [6.07, 6.45) is 1.58. The second kappa shape index (κ2) is 7.95. The summed E-state index contributed by atoms with van der Waals surface area (Å²) >= 11 is 6.10.